The molecule has 0 aliphatic carbocycles. The molecule has 1 heterocycles. The molecule has 0 N–H and O–H groups in total. The summed E-state index contributed by atoms with van der Waals surface area (Å²) in [7, 11) is -3.72. The zero-order valence-corrected chi connectivity index (χ0v) is 13.1. The maximum Gasteiger partial charge on any atom is 0.247 e. The molecule has 0 bridgehead atoms. The second-order valence-electron chi connectivity index (χ2n) is 5.55. The Kier molecular flexibility index (Phi) is 4.68. The van der Waals surface area contributed by atoms with Gasteiger partial charge in [-0.1, -0.05) is 19.9 Å². The van der Waals surface area contributed by atoms with E-state index in [0.29, 0.717) is 12.3 Å². The Morgan fingerprint density at radius 1 is 1.52 bits per heavy atom. The van der Waals surface area contributed by atoms with E-state index in [1.807, 2.05) is 13.8 Å². The smallest absolute Gasteiger partial charge is 0.247 e. The number of fused-ring (bicyclic) bond motifs is 1. The van der Waals surface area contributed by atoms with Gasteiger partial charge in [0.15, 0.2) is 0 Å². The van der Waals surface area contributed by atoms with Crippen molar-refractivity contribution in [2.75, 3.05) is 13.2 Å². The van der Waals surface area contributed by atoms with Crippen LogP contribution in [0.15, 0.2) is 35.7 Å². The van der Waals surface area contributed by atoms with E-state index in [-0.39, 0.29) is 29.8 Å². The van der Waals surface area contributed by atoms with Gasteiger partial charge < -0.3 is 4.74 Å². The SMILES string of the molecule is C=CCN1[C@H](CC(C)C)COc2cc(F)ccc2S1(=O)=O. The summed E-state index contributed by atoms with van der Waals surface area (Å²) in [5.41, 5.74) is 0. The van der Waals surface area contributed by atoms with E-state index < -0.39 is 15.8 Å². The van der Waals surface area contributed by atoms with Crippen molar-refractivity contribution in [3.63, 3.8) is 0 Å². The molecule has 116 valence electrons. The molecule has 1 atom stereocenters. The van der Waals surface area contributed by atoms with E-state index in [2.05, 4.69) is 6.58 Å². The van der Waals surface area contributed by atoms with Crippen LogP contribution in [-0.2, 0) is 10.0 Å². The molecule has 6 heteroatoms. The van der Waals surface area contributed by atoms with Gasteiger partial charge in [0.05, 0.1) is 6.04 Å². The van der Waals surface area contributed by atoms with Gasteiger partial charge >= 0.3 is 0 Å². The zero-order valence-electron chi connectivity index (χ0n) is 12.3. The topological polar surface area (TPSA) is 46.6 Å². The molecule has 0 spiro atoms. The third kappa shape index (κ3) is 3.27. The molecule has 4 nitrogen and oxygen atoms in total. The van der Waals surface area contributed by atoms with Gasteiger partial charge in [-0.15, -0.1) is 6.58 Å². The molecule has 21 heavy (non-hydrogen) atoms. The molecule has 0 aromatic heterocycles. The highest BCUT2D eigenvalue weighted by atomic mass is 32.2. The van der Waals surface area contributed by atoms with E-state index in [4.69, 9.17) is 4.74 Å². The van der Waals surface area contributed by atoms with Crippen molar-refractivity contribution in [3.8, 4) is 5.75 Å². The standard InChI is InChI=1S/C15H20FNO3S/c1-4-7-17-13(8-11(2)3)10-20-14-9-12(16)5-6-15(14)21(17,18)19/h4-6,9,11,13H,1,7-8,10H2,2-3H3/t13-/m1/s1. The van der Waals surface area contributed by atoms with Crippen LogP contribution in [0.1, 0.15) is 20.3 Å². The largest absolute Gasteiger partial charge is 0.490 e. The van der Waals surface area contributed by atoms with Crippen LogP contribution in [0.5, 0.6) is 5.75 Å². The van der Waals surface area contributed by atoms with Gasteiger partial charge in [0.1, 0.15) is 23.1 Å². The number of nitrogens with zero attached hydrogens (tertiary/aromatic N) is 1. The van der Waals surface area contributed by atoms with Crippen LogP contribution in [0.2, 0.25) is 0 Å². The maximum absolute atomic E-state index is 13.3. The number of rotatable bonds is 4. The van der Waals surface area contributed by atoms with E-state index in [0.717, 1.165) is 12.1 Å². The second-order valence-corrected chi connectivity index (χ2v) is 7.41. The van der Waals surface area contributed by atoms with Gasteiger partial charge in [-0.25, -0.2) is 12.8 Å². The quantitative estimate of drug-likeness (QED) is 0.803. The molecule has 0 unspecified atom stereocenters. The minimum atomic E-state index is -3.72. The Morgan fingerprint density at radius 3 is 2.86 bits per heavy atom. The molecule has 1 aromatic carbocycles. The average Bonchev–Trinajstić information content (AvgIpc) is 2.48. The monoisotopic (exact) mass is 313 g/mol. The van der Waals surface area contributed by atoms with Crippen molar-refractivity contribution < 1.29 is 17.5 Å². The van der Waals surface area contributed by atoms with E-state index in [1.54, 1.807) is 6.08 Å². The Hall–Kier alpha value is -1.40. The fourth-order valence-electron chi connectivity index (χ4n) is 2.50. The summed E-state index contributed by atoms with van der Waals surface area (Å²) >= 11 is 0. The first-order chi connectivity index (χ1) is 9.86. The Balaban J connectivity index is 2.50. The number of sulfonamides is 1. The van der Waals surface area contributed by atoms with Crippen LogP contribution < -0.4 is 4.74 Å². The van der Waals surface area contributed by atoms with Crippen LogP contribution >= 0.6 is 0 Å². The third-order valence-corrected chi connectivity index (χ3v) is 5.34. The lowest BCUT2D eigenvalue weighted by atomic mass is 10.0. The van der Waals surface area contributed by atoms with Crippen molar-refractivity contribution >= 4 is 10.0 Å². The van der Waals surface area contributed by atoms with Gasteiger partial charge in [-0.3, -0.25) is 0 Å². The van der Waals surface area contributed by atoms with Gasteiger partial charge in [-0.05, 0) is 24.5 Å². The van der Waals surface area contributed by atoms with Gasteiger partial charge in [0, 0.05) is 12.6 Å². The highest BCUT2D eigenvalue weighted by Crippen LogP contribution is 2.33. The number of hydrogen-bond acceptors (Lipinski definition) is 3. The normalized spacial score (nSPS) is 21.4. The summed E-state index contributed by atoms with van der Waals surface area (Å²) in [6.45, 7) is 8.09. The lowest BCUT2D eigenvalue weighted by Crippen LogP contribution is -2.42. The first kappa shape index (κ1) is 16.0. The van der Waals surface area contributed by atoms with Gasteiger partial charge in [-0.2, -0.15) is 4.31 Å². The predicted octanol–water partition coefficient (Wildman–Crippen LogP) is 2.81. The van der Waals surface area contributed by atoms with Crippen LogP contribution in [0.4, 0.5) is 4.39 Å². The van der Waals surface area contributed by atoms with Crippen molar-refractivity contribution in [1.82, 2.24) is 4.31 Å². The minimum absolute atomic E-state index is 0.0111. The third-order valence-electron chi connectivity index (χ3n) is 3.38. The molecule has 1 aromatic rings. The number of hydrogen-bond donors (Lipinski definition) is 0. The average molecular weight is 313 g/mol. The van der Waals surface area contributed by atoms with Crippen LogP contribution in [0.3, 0.4) is 0 Å². The molecular formula is C15H20FNO3S. The van der Waals surface area contributed by atoms with Crippen LogP contribution in [0.25, 0.3) is 0 Å². The van der Waals surface area contributed by atoms with E-state index in [9.17, 15) is 12.8 Å². The predicted molar refractivity (Wildman–Crippen MR) is 79.2 cm³/mol. The molecule has 0 saturated heterocycles. The van der Waals surface area contributed by atoms with Crippen molar-refractivity contribution in [2.24, 2.45) is 5.92 Å². The number of halogens is 1. The fourth-order valence-corrected chi connectivity index (χ4v) is 4.21. The highest BCUT2D eigenvalue weighted by Gasteiger charge is 2.36. The molecule has 0 radical (unpaired) electrons. The Morgan fingerprint density at radius 2 is 2.24 bits per heavy atom. The fraction of sp³-hybridized carbons (Fsp3) is 0.467. The molecule has 2 rings (SSSR count). The lowest BCUT2D eigenvalue weighted by Gasteiger charge is -2.28. The van der Waals surface area contributed by atoms with E-state index >= 15 is 0 Å². The van der Waals surface area contributed by atoms with Crippen LogP contribution in [0, 0.1) is 11.7 Å². The molecule has 0 amide bonds. The summed E-state index contributed by atoms with van der Waals surface area (Å²) in [6, 6.07) is 3.22. The molecule has 0 saturated carbocycles. The Labute approximate surface area is 125 Å². The summed E-state index contributed by atoms with van der Waals surface area (Å²) in [4.78, 5) is 0.0111. The van der Waals surface area contributed by atoms with Crippen molar-refractivity contribution in [1.29, 1.82) is 0 Å². The zero-order chi connectivity index (χ0) is 15.6. The van der Waals surface area contributed by atoms with E-state index in [1.165, 1.54) is 10.4 Å². The summed E-state index contributed by atoms with van der Waals surface area (Å²) < 4.78 is 45.9. The molecule has 1 aliphatic rings. The van der Waals surface area contributed by atoms with Crippen molar-refractivity contribution in [3.05, 3.63) is 36.7 Å². The lowest BCUT2D eigenvalue weighted by molar-refractivity contribution is 0.198. The highest BCUT2D eigenvalue weighted by molar-refractivity contribution is 7.89. The van der Waals surface area contributed by atoms with Gasteiger partial charge in [0.25, 0.3) is 0 Å². The number of benzene rings is 1. The number of ether oxygens (including phenoxy) is 1. The summed E-state index contributed by atoms with van der Waals surface area (Å²) in [5, 5.41) is 0. The maximum atomic E-state index is 13.3. The summed E-state index contributed by atoms with van der Waals surface area (Å²) in [5.74, 6) is -0.115. The molecule has 0 fully saturated rings. The van der Waals surface area contributed by atoms with Crippen molar-refractivity contribution in [2.45, 2.75) is 31.2 Å². The molecule has 1 aliphatic heterocycles. The Bertz CT molecular complexity index is 628. The second kappa shape index (κ2) is 6.15. The first-order valence-corrected chi connectivity index (χ1v) is 8.35. The summed E-state index contributed by atoms with van der Waals surface area (Å²) in [6.07, 6.45) is 2.23. The van der Waals surface area contributed by atoms with Gasteiger partial charge in [0.2, 0.25) is 10.0 Å². The minimum Gasteiger partial charge on any atom is -0.490 e. The molecular weight excluding hydrogens is 293 g/mol. The van der Waals surface area contributed by atoms with Crippen LogP contribution in [-0.4, -0.2) is 31.9 Å². The first-order valence-electron chi connectivity index (χ1n) is 6.91.